The van der Waals surface area contributed by atoms with Crippen molar-refractivity contribution in [3.05, 3.63) is 94.2 Å². The number of benzene rings is 3. The molecule has 0 saturated heterocycles. The highest BCUT2D eigenvalue weighted by molar-refractivity contribution is 6.15. The number of Topliss-reactive ketones (excluding diaryl/α,β-unsaturated/α-hetero) is 1. The van der Waals surface area contributed by atoms with Crippen molar-refractivity contribution < 1.29 is 32.6 Å². The molecule has 2 heterocycles. The van der Waals surface area contributed by atoms with E-state index in [1.807, 2.05) is 12.1 Å². The normalized spacial score (nSPS) is 18.1. The van der Waals surface area contributed by atoms with Gasteiger partial charge in [0.1, 0.15) is 17.2 Å². The van der Waals surface area contributed by atoms with Crippen LogP contribution in [0.4, 0.5) is 8.78 Å². The van der Waals surface area contributed by atoms with E-state index >= 15 is 0 Å². The van der Waals surface area contributed by atoms with E-state index in [-0.39, 0.29) is 29.5 Å². The highest BCUT2D eigenvalue weighted by atomic mass is 19.2. The number of fused-ring (bicyclic) bond motifs is 3. The number of ketones is 1. The van der Waals surface area contributed by atoms with Gasteiger partial charge in [0.15, 0.2) is 17.4 Å². The summed E-state index contributed by atoms with van der Waals surface area (Å²) in [5.41, 5.74) is 1.79. The van der Waals surface area contributed by atoms with Crippen molar-refractivity contribution in [3.63, 3.8) is 0 Å². The number of hydrogen-bond acceptors (Lipinski definition) is 5. The highest BCUT2D eigenvalue weighted by Crippen LogP contribution is 2.49. The lowest BCUT2D eigenvalue weighted by molar-refractivity contribution is -0.135. The average molecular weight is 434 g/mol. The van der Waals surface area contributed by atoms with Gasteiger partial charge in [0.05, 0.1) is 19.1 Å². The number of ether oxygens (including phenoxy) is 3. The first-order valence-corrected chi connectivity index (χ1v) is 9.86. The third-order valence-electron chi connectivity index (χ3n) is 5.55. The van der Waals surface area contributed by atoms with Crippen molar-refractivity contribution in [2.75, 3.05) is 7.11 Å². The van der Waals surface area contributed by atoms with Crippen LogP contribution in [0, 0.1) is 11.6 Å². The topological polar surface area (TPSA) is 61.8 Å². The number of carbonyl (C=O) groups excluding carboxylic acids is 2. The Morgan fingerprint density at radius 3 is 2.59 bits per heavy atom. The van der Waals surface area contributed by atoms with Crippen LogP contribution in [0.3, 0.4) is 0 Å². The van der Waals surface area contributed by atoms with Crippen LogP contribution in [0.1, 0.15) is 39.4 Å². The molecule has 0 spiro atoms. The number of para-hydroxylation sites is 1. The molecule has 0 aliphatic carbocycles. The maximum Gasteiger partial charge on any atom is 0.312 e. The van der Waals surface area contributed by atoms with E-state index in [9.17, 15) is 18.4 Å². The third kappa shape index (κ3) is 3.22. The molecule has 5 nitrogen and oxygen atoms in total. The first kappa shape index (κ1) is 19.9. The van der Waals surface area contributed by atoms with Gasteiger partial charge >= 0.3 is 5.97 Å². The number of esters is 1. The van der Waals surface area contributed by atoms with Gasteiger partial charge < -0.3 is 14.2 Å². The molecule has 160 valence electrons. The molecule has 0 N–H and O–H groups in total. The molecule has 3 aromatic rings. The Labute approximate surface area is 181 Å². The summed E-state index contributed by atoms with van der Waals surface area (Å²) in [6.45, 7) is 0. The summed E-state index contributed by atoms with van der Waals surface area (Å²) in [6.07, 6.45) is 1.48. The van der Waals surface area contributed by atoms with Gasteiger partial charge in [0, 0.05) is 17.0 Å². The second-order valence-corrected chi connectivity index (χ2v) is 7.44. The zero-order valence-corrected chi connectivity index (χ0v) is 16.9. The largest absolute Gasteiger partial charge is 0.496 e. The Bertz CT molecular complexity index is 1310. The minimum absolute atomic E-state index is 0.0823. The molecule has 32 heavy (non-hydrogen) atoms. The Hall–Kier alpha value is -4.00. The molecule has 5 rings (SSSR count). The molecular formula is C25H16F2O5. The zero-order valence-electron chi connectivity index (χ0n) is 16.9. The summed E-state index contributed by atoms with van der Waals surface area (Å²) in [5, 5.41) is 0. The standard InChI is InChI=1S/C25H16F2O5/c1-30-19-5-3-2-4-14(19)11-21-24(29)15-7-9-20-23(25(15)32-21)16(12-22(28)31-20)13-6-8-17(26)18(27)10-13/h2-11,16H,12H2,1H3/b21-11-/t16-/m0/s1. The first-order valence-electron chi connectivity index (χ1n) is 9.86. The Kier molecular flexibility index (Phi) is 4.74. The van der Waals surface area contributed by atoms with Gasteiger partial charge in [0.2, 0.25) is 5.78 Å². The maximum atomic E-state index is 13.9. The molecule has 2 aliphatic rings. The predicted octanol–water partition coefficient (Wildman–Crippen LogP) is 5.03. The minimum Gasteiger partial charge on any atom is -0.496 e. The highest BCUT2D eigenvalue weighted by Gasteiger charge is 2.38. The van der Waals surface area contributed by atoms with Gasteiger partial charge in [-0.1, -0.05) is 24.3 Å². The molecule has 0 fully saturated rings. The molecule has 3 aromatic carbocycles. The molecule has 1 atom stereocenters. The van der Waals surface area contributed by atoms with Gasteiger partial charge in [-0.25, -0.2) is 8.78 Å². The van der Waals surface area contributed by atoms with Gasteiger partial charge in [0.25, 0.3) is 0 Å². The lowest BCUT2D eigenvalue weighted by Crippen LogP contribution is -2.21. The number of methoxy groups -OCH3 is 1. The number of rotatable bonds is 3. The smallest absolute Gasteiger partial charge is 0.312 e. The summed E-state index contributed by atoms with van der Waals surface area (Å²) in [5.74, 6) is -2.40. The second kappa shape index (κ2) is 7.60. The summed E-state index contributed by atoms with van der Waals surface area (Å²) < 4.78 is 44.0. The van der Waals surface area contributed by atoms with Crippen LogP contribution in [-0.4, -0.2) is 18.9 Å². The van der Waals surface area contributed by atoms with E-state index in [0.717, 1.165) is 12.1 Å². The number of carbonyl (C=O) groups is 2. The zero-order chi connectivity index (χ0) is 22.4. The molecule has 0 aromatic heterocycles. The van der Waals surface area contributed by atoms with Crippen LogP contribution in [0.2, 0.25) is 0 Å². The van der Waals surface area contributed by atoms with Crippen molar-refractivity contribution in [3.8, 4) is 17.2 Å². The van der Waals surface area contributed by atoms with Crippen molar-refractivity contribution in [2.45, 2.75) is 12.3 Å². The van der Waals surface area contributed by atoms with E-state index in [2.05, 4.69) is 0 Å². The molecule has 7 heteroatoms. The fraction of sp³-hybridized carbons (Fsp3) is 0.120. The van der Waals surface area contributed by atoms with E-state index < -0.39 is 23.5 Å². The van der Waals surface area contributed by atoms with E-state index in [4.69, 9.17) is 14.2 Å². The van der Waals surface area contributed by atoms with Crippen LogP contribution in [0.5, 0.6) is 17.2 Å². The molecule has 0 radical (unpaired) electrons. The fourth-order valence-electron chi connectivity index (χ4n) is 4.05. The van der Waals surface area contributed by atoms with Crippen molar-refractivity contribution >= 4 is 17.8 Å². The Morgan fingerprint density at radius 1 is 1.00 bits per heavy atom. The van der Waals surface area contributed by atoms with Crippen LogP contribution in [0.25, 0.3) is 6.08 Å². The van der Waals surface area contributed by atoms with Gasteiger partial charge in [-0.15, -0.1) is 0 Å². The molecule has 0 saturated carbocycles. The molecule has 0 unspecified atom stereocenters. The van der Waals surface area contributed by atoms with Crippen molar-refractivity contribution in [2.24, 2.45) is 0 Å². The van der Waals surface area contributed by atoms with Crippen LogP contribution in [0.15, 0.2) is 60.4 Å². The van der Waals surface area contributed by atoms with Gasteiger partial charge in [-0.05, 0) is 42.0 Å². The van der Waals surface area contributed by atoms with Crippen molar-refractivity contribution in [1.29, 1.82) is 0 Å². The first-order chi connectivity index (χ1) is 15.5. The average Bonchev–Trinajstić information content (AvgIpc) is 3.10. The second-order valence-electron chi connectivity index (χ2n) is 7.44. The van der Waals surface area contributed by atoms with Crippen LogP contribution < -0.4 is 14.2 Å². The third-order valence-corrected chi connectivity index (χ3v) is 5.55. The molecule has 0 bridgehead atoms. The maximum absolute atomic E-state index is 13.9. The Morgan fingerprint density at radius 2 is 1.81 bits per heavy atom. The molecular weight excluding hydrogens is 418 g/mol. The lowest BCUT2D eigenvalue weighted by atomic mass is 9.84. The van der Waals surface area contributed by atoms with Crippen LogP contribution >= 0.6 is 0 Å². The summed E-state index contributed by atoms with van der Waals surface area (Å²) in [7, 11) is 1.53. The SMILES string of the molecule is COc1ccccc1/C=C1\Oc2c(ccc3c2[C@H](c2ccc(F)c(F)c2)CC(=O)O3)C1=O. The van der Waals surface area contributed by atoms with Crippen LogP contribution in [-0.2, 0) is 4.79 Å². The van der Waals surface area contributed by atoms with E-state index in [0.29, 0.717) is 28.0 Å². The van der Waals surface area contributed by atoms with E-state index in [1.54, 1.807) is 18.2 Å². The quantitative estimate of drug-likeness (QED) is 0.329. The van der Waals surface area contributed by atoms with Gasteiger partial charge in [-0.2, -0.15) is 0 Å². The summed E-state index contributed by atoms with van der Waals surface area (Å²) >= 11 is 0. The minimum atomic E-state index is -1.02. The summed E-state index contributed by atoms with van der Waals surface area (Å²) in [4.78, 5) is 25.2. The fourth-order valence-corrected chi connectivity index (χ4v) is 4.05. The molecule has 2 aliphatic heterocycles. The predicted molar refractivity (Wildman–Crippen MR) is 111 cm³/mol. The van der Waals surface area contributed by atoms with Gasteiger partial charge in [-0.3, -0.25) is 9.59 Å². The molecule has 0 amide bonds. The van der Waals surface area contributed by atoms with E-state index in [1.165, 1.54) is 25.3 Å². The Balaban J connectivity index is 1.62. The monoisotopic (exact) mass is 434 g/mol. The number of hydrogen-bond donors (Lipinski definition) is 0. The lowest BCUT2D eigenvalue weighted by Gasteiger charge is -2.26. The summed E-state index contributed by atoms with van der Waals surface area (Å²) in [6, 6.07) is 13.7. The number of halogens is 2. The number of allylic oxidation sites excluding steroid dienone is 1. The van der Waals surface area contributed by atoms with Crippen molar-refractivity contribution in [1.82, 2.24) is 0 Å².